The summed E-state index contributed by atoms with van der Waals surface area (Å²) in [6.07, 6.45) is 0. The number of aromatic nitrogens is 2. The van der Waals surface area contributed by atoms with Crippen molar-refractivity contribution in [2.45, 2.75) is 6.54 Å². The lowest BCUT2D eigenvalue weighted by molar-refractivity contribution is 0.533. The molecule has 1 aromatic carbocycles. The molecule has 0 unspecified atom stereocenters. The first-order valence-corrected chi connectivity index (χ1v) is 5.39. The number of pyridine rings is 1. The van der Waals surface area contributed by atoms with E-state index in [2.05, 4.69) is 9.97 Å². The summed E-state index contributed by atoms with van der Waals surface area (Å²) in [7, 11) is 0. The zero-order valence-corrected chi connectivity index (χ0v) is 9.13. The largest absolute Gasteiger partial charge is 0.438 e. The van der Waals surface area contributed by atoms with Crippen molar-refractivity contribution in [3.8, 4) is 11.3 Å². The molecule has 3 aromatic rings. The normalized spacial score (nSPS) is 10.9. The van der Waals surface area contributed by atoms with Gasteiger partial charge in [-0.25, -0.2) is 4.98 Å². The van der Waals surface area contributed by atoms with Gasteiger partial charge in [-0.15, -0.1) is 0 Å². The molecule has 0 aliphatic carbocycles. The first-order chi connectivity index (χ1) is 8.36. The smallest absolute Gasteiger partial charge is 0.210 e. The van der Waals surface area contributed by atoms with Crippen molar-refractivity contribution in [3.05, 3.63) is 48.4 Å². The highest BCUT2D eigenvalue weighted by atomic mass is 16.3. The molecule has 0 bridgehead atoms. The number of nitrogens with zero attached hydrogens (tertiary/aromatic N) is 2. The van der Waals surface area contributed by atoms with Crippen LogP contribution >= 0.6 is 0 Å². The van der Waals surface area contributed by atoms with Crippen LogP contribution in [0.2, 0.25) is 0 Å². The van der Waals surface area contributed by atoms with Gasteiger partial charge in [0.2, 0.25) is 5.89 Å². The van der Waals surface area contributed by atoms with Crippen LogP contribution in [0, 0.1) is 0 Å². The number of hydrogen-bond acceptors (Lipinski definition) is 4. The SMILES string of the molecule is NCc1nc2nc(-c3ccccc3)ccc2o1. The average Bonchev–Trinajstić information content (AvgIpc) is 2.81. The topological polar surface area (TPSA) is 64.9 Å². The minimum absolute atomic E-state index is 0.289. The minimum Gasteiger partial charge on any atom is -0.438 e. The fraction of sp³-hybridized carbons (Fsp3) is 0.0769. The lowest BCUT2D eigenvalue weighted by Gasteiger charge is -1.98. The predicted molar refractivity (Wildman–Crippen MR) is 65.1 cm³/mol. The van der Waals surface area contributed by atoms with E-state index < -0.39 is 0 Å². The van der Waals surface area contributed by atoms with Crippen LogP contribution in [-0.2, 0) is 6.54 Å². The molecule has 0 amide bonds. The fourth-order valence-electron chi connectivity index (χ4n) is 1.72. The molecule has 17 heavy (non-hydrogen) atoms. The van der Waals surface area contributed by atoms with Gasteiger partial charge in [-0.3, -0.25) is 0 Å². The molecular formula is C13H11N3O. The Morgan fingerprint density at radius 1 is 1.00 bits per heavy atom. The summed E-state index contributed by atoms with van der Waals surface area (Å²) in [5, 5.41) is 0. The third-order valence-corrected chi connectivity index (χ3v) is 2.54. The van der Waals surface area contributed by atoms with Gasteiger partial charge in [-0.2, -0.15) is 4.98 Å². The Kier molecular flexibility index (Phi) is 2.34. The van der Waals surface area contributed by atoms with Crippen molar-refractivity contribution in [1.82, 2.24) is 9.97 Å². The van der Waals surface area contributed by atoms with E-state index in [0.717, 1.165) is 11.3 Å². The molecule has 2 heterocycles. The maximum atomic E-state index is 5.48. The van der Waals surface area contributed by atoms with E-state index in [1.54, 1.807) is 0 Å². The molecular weight excluding hydrogens is 214 g/mol. The monoisotopic (exact) mass is 225 g/mol. The Bertz CT molecular complexity index is 646. The maximum absolute atomic E-state index is 5.48. The van der Waals surface area contributed by atoms with Gasteiger partial charge in [0, 0.05) is 5.56 Å². The summed E-state index contributed by atoms with van der Waals surface area (Å²) in [4.78, 5) is 8.67. The molecule has 0 aliphatic rings. The molecule has 4 nitrogen and oxygen atoms in total. The van der Waals surface area contributed by atoms with Crippen molar-refractivity contribution in [2.75, 3.05) is 0 Å². The molecule has 0 spiro atoms. The Balaban J connectivity index is 2.13. The second-order valence-corrected chi connectivity index (χ2v) is 3.70. The average molecular weight is 225 g/mol. The van der Waals surface area contributed by atoms with Gasteiger partial charge in [-0.05, 0) is 12.1 Å². The second-order valence-electron chi connectivity index (χ2n) is 3.70. The number of nitrogens with two attached hydrogens (primary N) is 1. The molecule has 0 fully saturated rings. The molecule has 0 radical (unpaired) electrons. The number of oxazole rings is 1. The standard InChI is InChI=1S/C13H11N3O/c14-8-12-16-13-11(17-12)7-6-10(15-13)9-4-2-1-3-5-9/h1-7H,8,14H2. The molecule has 3 rings (SSSR count). The van der Waals surface area contributed by atoms with Crippen LogP contribution in [0.1, 0.15) is 5.89 Å². The highest BCUT2D eigenvalue weighted by Crippen LogP contribution is 2.20. The quantitative estimate of drug-likeness (QED) is 0.727. The Hall–Kier alpha value is -2.20. The highest BCUT2D eigenvalue weighted by molar-refractivity contribution is 5.73. The van der Waals surface area contributed by atoms with Gasteiger partial charge in [0.1, 0.15) is 0 Å². The molecule has 4 heteroatoms. The van der Waals surface area contributed by atoms with Crippen LogP contribution in [0.15, 0.2) is 46.9 Å². The first kappa shape index (κ1) is 9.99. The predicted octanol–water partition coefficient (Wildman–Crippen LogP) is 2.35. The number of benzene rings is 1. The van der Waals surface area contributed by atoms with Gasteiger partial charge < -0.3 is 10.2 Å². The third-order valence-electron chi connectivity index (χ3n) is 2.54. The van der Waals surface area contributed by atoms with Crippen LogP contribution in [0.5, 0.6) is 0 Å². The van der Waals surface area contributed by atoms with Gasteiger partial charge in [0.25, 0.3) is 0 Å². The first-order valence-electron chi connectivity index (χ1n) is 5.39. The minimum atomic E-state index is 0.289. The van der Waals surface area contributed by atoms with E-state index in [0.29, 0.717) is 17.1 Å². The van der Waals surface area contributed by atoms with Crippen LogP contribution < -0.4 is 5.73 Å². The van der Waals surface area contributed by atoms with Crippen molar-refractivity contribution in [2.24, 2.45) is 5.73 Å². The summed E-state index contributed by atoms with van der Waals surface area (Å²) in [5.74, 6) is 0.512. The summed E-state index contributed by atoms with van der Waals surface area (Å²) in [6, 6.07) is 13.8. The second kappa shape index (κ2) is 3.99. The fourth-order valence-corrected chi connectivity index (χ4v) is 1.72. The molecule has 0 saturated carbocycles. The van der Waals surface area contributed by atoms with E-state index in [4.69, 9.17) is 10.2 Å². The van der Waals surface area contributed by atoms with Gasteiger partial charge >= 0.3 is 0 Å². The Morgan fingerprint density at radius 2 is 1.82 bits per heavy atom. The highest BCUT2D eigenvalue weighted by Gasteiger charge is 2.07. The summed E-state index contributed by atoms with van der Waals surface area (Å²) in [5.41, 5.74) is 8.70. The van der Waals surface area contributed by atoms with E-state index in [-0.39, 0.29) is 6.54 Å². The van der Waals surface area contributed by atoms with Gasteiger partial charge in [0.15, 0.2) is 11.2 Å². The van der Waals surface area contributed by atoms with Crippen LogP contribution in [-0.4, -0.2) is 9.97 Å². The van der Waals surface area contributed by atoms with Gasteiger partial charge in [0.05, 0.1) is 12.2 Å². The van der Waals surface area contributed by atoms with Crippen molar-refractivity contribution in [1.29, 1.82) is 0 Å². The van der Waals surface area contributed by atoms with E-state index in [9.17, 15) is 0 Å². The Labute approximate surface area is 98.1 Å². The van der Waals surface area contributed by atoms with Crippen molar-refractivity contribution in [3.63, 3.8) is 0 Å². The van der Waals surface area contributed by atoms with Crippen molar-refractivity contribution < 1.29 is 4.42 Å². The number of hydrogen-bond donors (Lipinski definition) is 1. The Morgan fingerprint density at radius 3 is 2.59 bits per heavy atom. The van der Waals surface area contributed by atoms with E-state index in [1.807, 2.05) is 42.5 Å². The zero-order chi connectivity index (χ0) is 11.7. The summed E-state index contributed by atoms with van der Waals surface area (Å²) >= 11 is 0. The lowest BCUT2D eigenvalue weighted by Crippen LogP contribution is -1.95. The van der Waals surface area contributed by atoms with Crippen LogP contribution in [0.4, 0.5) is 0 Å². The third kappa shape index (κ3) is 1.79. The number of fused-ring (bicyclic) bond motifs is 1. The number of rotatable bonds is 2. The molecule has 84 valence electrons. The van der Waals surface area contributed by atoms with Crippen LogP contribution in [0.25, 0.3) is 22.5 Å². The maximum Gasteiger partial charge on any atom is 0.210 e. The van der Waals surface area contributed by atoms with Crippen LogP contribution in [0.3, 0.4) is 0 Å². The zero-order valence-electron chi connectivity index (χ0n) is 9.13. The molecule has 0 saturated heterocycles. The van der Waals surface area contributed by atoms with E-state index in [1.165, 1.54) is 0 Å². The summed E-state index contributed by atoms with van der Waals surface area (Å²) < 4.78 is 5.41. The van der Waals surface area contributed by atoms with E-state index >= 15 is 0 Å². The molecule has 0 atom stereocenters. The molecule has 2 N–H and O–H groups in total. The molecule has 0 aliphatic heterocycles. The van der Waals surface area contributed by atoms with Gasteiger partial charge in [-0.1, -0.05) is 30.3 Å². The summed E-state index contributed by atoms with van der Waals surface area (Å²) in [6.45, 7) is 0.289. The lowest BCUT2D eigenvalue weighted by atomic mass is 10.1. The van der Waals surface area contributed by atoms with Crippen molar-refractivity contribution >= 4 is 11.2 Å². The molecule has 2 aromatic heterocycles.